The Bertz CT molecular complexity index is 1010. The molecule has 2 aromatic rings. The van der Waals surface area contributed by atoms with Crippen molar-refractivity contribution in [3.8, 4) is 6.07 Å². The van der Waals surface area contributed by atoms with E-state index in [1.807, 2.05) is 6.07 Å². The van der Waals surface area contributed by atoms with Gasteiger partial charge in [-0.25, -0.2) is 17.2 Å². The Morgan fingerprint density at radius 3 is 2.64 bits per heavy atom. The summed E-state index contributed by atoms with van der Waals surface area (Å²) in [6.45, 7) is 0. The molecule has 0 amide bonds. The quantitative estimate of drug-likeness (QED) is 0.776. The van der Waals surface area contributed by atoms with Gasteiger partial charge in [0.05, 0.1) is 15.5 Å². The number of aryl methyl sites for hydroxylation is 1. The molecule has 3 rings (SSSR count). The van der Waals surface area contributed by atoms with Crippen molar-refractivity contribution in [2.75, 3.05) is 6.26 Å². The second-order valence-corrected chi connectivity index (χ2v) is 8.49. The van der Waals surface area contributed by atoms with Gasteiger partial charge >= 0.3 is 0 Å². The molecule has 0 fully saturated rings. The minimum absolute atomic E-state index is 0.00648. The van der Waals surface area contributed by atoms with Crippen LogP contribution in [-0.2, 0) is 16.3 Å². The van der Waals surface area contributed by atoms with Crippen LogP contribution in [0.3, 0.4) is 0 Å². The van der Waals surface area contributed by atoms with Crippen LogP contribution in [0.1, 0.15) is 41.0 Å². The summed E-state index contributed by atoms with van der Waals surface area (Å²) in [4.78, 5) is -0.153. The van der Waals surface area contributed by atoms with Crippen molar-refractivity contribution in [1.82, 2.24) is 0 Å². The second-order valence-electron chi connectivity index (χ2n) is 6.13. The van der Waals surface area contributed by atoms with Gasteiger partial charge in [-0.3, -0.25) is 0 Å². The van der Waals surface area contributed by atoms with Gasteiger partial charge in [0.2, 0.25) is 0 Å². The van der Waals surface area contributed by atoms with Crippen LogP contribution < -0.4 is 0 Å². The number of sulfone groups is 1. The highest BCUT2D eigenvalue weighted by Crippen LogP contribution is 2.42. The summed E-state index contributed by atoms with van der Waals surface area (Å²) < 4.78 is 51.6. The molecule has 0 aromatic heterocycles. The molecule has 0 aliphatic heterocycles. The maximum absolute atomic E-state index is 14.4. The highest BCUT2D eigenvalue weighted by atomic mass is 35.5. The molecular weight excluding hydrogens is 368 g/mol. The minimum Gasteiger partial charge on any atom is -0.224 e. The van der Waals surface area contributed by atoms with Gasteiger partial charge in [-0.15, -0.1) is 0 Å². The number of nitrogens with zero attached hydrogens (tertiary/aromatic N) is 1. The van der Waals surface area contributed by atoms with Crippen LogP contribution in [0.4, 0.5) is 8.78 Å². The van der Waals surface area contributed by atoms with Crippen LogP contribution >= 0.6 is 11.6 Å². The molecule has 1 aliphatic carbocycles. The van der Waals surface area contributed by atoms with Gasteiger partial charge in [-0.05, 0) is 48.1 Å². The molecule has 0 heterocycles. The largest absolute Gasteiger partial charge is 0.224 e. The number of benzene rings is 2. The van der Waals surface area contributed by atoms with Gasteiger partial charge in [-0.2, -0.15) is 5.26 Å². The zero-order valence-electron chi connectivity index (χ0n) is 13.3. The zero-order valence-corrected chi connectivity index (χ0v) is 14.9. The summed E-state index contributed by atoms with van der Waals surface area (Å²) in [6.07, 6.45) is 2.85. The predicted molar refractivity (Wildman–Crippen MR) is 90.4 cm³/mol. The maximum atomic E-state index is 14.4. The summed E-state index contributed by atoms with van der Waals surface area (Å²) in [5.41, 5.74) is 1.29. The lowest BCUT2D eigenvalue weighted by atomic mass is 9.78. The average molecular weight is 382 g/mol. The molecule has 0 radical (unpaired) electrons. The Hall–Kier alpha value is -1.97. The van der Waals surface area contributed by atoms with Gasteiger partial charge in [0.25, 0.3) is 0 Å². The fourth-order valence-corrected chi connectivity index (χ4v) is 4.67. The lowest BCUT2D eigenvalue weighted by Gasteiger charge is -2.27. The first kappa shape index (κ1) is 17.8. The smallest absolute Gasteiger partial charge is 0.176 e. The third kappa shape index (κ3) is 3.14. The Morgan fingerprint density at radius 1 is 1.28 bits per heavy atom. The predicted octanol–water partition coefficient (Wildman–Crippen LogP) is 4.36. The average Bonchev–Trinajstić information content (AvgIpc) is 2.52. The van der Waals surface area contributed by atoms with E-state index in [9.17, 15) is 22.5 Å². The van der Waals surface area contributed by atoms with Crippen molar-refractivity contribution in [3.05, 3.63) is 63.2 Å². The number of rotatable bonds is 2. The molecular formula is C18H14ClF2NO2S. The molecule has 0 saturated carbocycles. The molecule has 0 spiro atoms. The molecule has 3 nitrogen and oxygen atoms in total. The highest BCUT2D eigenvalue weighted by Gasteiger charge is 2.29. The topological polar surface area (TPSA) is 57.9 Å². The first-order valence-electron chi connectivity index (χ1n) is 7.64. The third-order valence-electron chi connectivity index (χ3n) is 4.49. The van der Waals surface area contributed by atoms with Gasteiger partial charge in [0.1, 0.15) is 17.7 Å². The highest BCUT2D eigenvalue weighted by molar-refractivity contribution is 7.90. The molecule has 7 heteroatoms. The normalized spacial score (nSPS) is 17.0. The van der Waals surface area contributed by atoms with Gasteiger partial charge in [0.15, 0.2) is 9.84 Å². The fourth-order valence-electron chi connectivity index (χ4n) is 3.44. The number of hydrogen-bond donors (Lipinski definition) is 0. The number of fused-ring (bicyclic) bond motifs is 1. The van der Waals surface area contributed by atoms with Crippen molar-refractivity contribution in [2.24, 2.45) is 0 Å². The van der Waals surface area contributed by atoms with E-state index in [-0.39, 0.29) is 15.5 Å². The van der Waals surface area contributed by atoms with Crippen molar-refractivity contribution >= 4 is 21.4 Å². The zero-order chi connectivity index (χ0) is 18.4. The van der Waals surface area contributed by atoms with E-state index in [0.717, 1.165) is 12.3 Å². The minimum atomic E-state index is -3.62. The SMILES string of the molecule is CS(=O)(=O)c1ccc(C2CCCc3cc(F)cc(F)c32)c(Cl)c1C#N. The van der Waals surface area contributed by atoms with Crippen molar-refractivity contribution in [2.45, 2.75) is 30.1 Å². The summed E-state index contributed by atoms with van der Waals surface area (Å²) >= 11 is 6.32. The summed E-state index contributed by atoms with van der Waals surface area (Å²) in [5, 5.41) is 9.36. The van der Waals surface area contributed by atoms with Crippen LogP contribution in [0.15, 0.2) is 29.2 Å². The Balaban J connectivity index is 2.23. The monoisotopic (exact) mass is 381 g/mol. The molecule has 25 heavy (non-hydrogen) atoms. The van der Waals surface area contributed by atoms with Crippen LogP contribution in [0, 0.1) is 23.0 Å². The van der Waals surface area contributed by atoms with Gasteiger partial charge < -0.3 is 0 Å². The van der Waals surface area contributed by atoms with E-state index in [2.05, 4.69) is 0 Å². The molecule has 1 atom stereocenters. The summed E-state index contributed by atoms with van der Waals surface area (Å²) in [5.74, 6) is -1.73. The van der Waals surface area contributed by atoms with Crippen molar-refractivity contribution in [1.29, 1.82) is 5.26 Å². The standard InChI is InChI=1S/C18H14ClF2NO2S/c1-25(23,24)16-6-5-13(18(19)14(16)9-22)12-4-2-3-10-7-11(20)8-15(21)17(10)12/h5-8,12H,2-4H2,1H3. The molecule has 0 N–H and O–H groups in total. The Labute approximate surface area is 149 Å². The molecule has 2 aromatic carbocycles. The van der Waals surface area contributed by atoms with E-state index in [4.69, 9.17) is 11.6 Å². The van der Waals surface area contributed by atoms with Gasteiger partial charge in [0, 0.05) is 18.2 Å². The van der Waals surface area contributed by atoms with Crippen molar-refractivity contribution < 1.29 is 17.2 Å². The molecule has 1 unspecified atom stereocenters. The van der Waals surface area contributed by atoms with E-state index in [0.29, 0.717) is 36.0 Å². The molecule has 0 bridgehead atoms. The van der Waals surface area contributed by atoms with E-state index in [1.165, 1.54) is 18.2 Å². The fraction of sp³-hybridized carbons (Fsp3) is 0.278. The van der Waals surface area contributed by atoms with Crippen LogP contribution in [0.5, 0.6) is 0 Å². The Kier molecular flexibility index (Phi) is 4.56. The number of hydrogen-bond acceptors (Lipinski definition) is 3. The Morgan fingerprint density at radius 2 is 2.00 bits per heavy atom. The van der Waals surface area contributed by atoms with E-state index < -0.39 is 27.4 Å². The number of halogens is 3. The summed E-state index contributed by atoms with van der Waals surface area (Å²) in [6, 6.07) is 6.82. The lowest BCUT2D eigenvalue weighted by Crippen LogP contribution is -2.15. The number of nitriles is 1. The van der Waals surface area contributed by atoms with E-state index in [1.54, 1.807) is 0 Å². The van der Waals surface area contributed by atoms with Crippen LogP contribution in [0.2, 0.25) is 5.02 Å². The van der Waals surface area contributed by atoms with Crippen molar-refractivity contribution in [3.63, 3.8) is 0 Å². The first-order chi connectivity index (χ1) is 11.7. The first-order valence-corrected chi connectivity index (χ1v) is 9.91. The molecule has 1 aliphatic rings. The lowest BCUT2D eigenvalue weighted by molar-refractivity contribution is 0.525. The molecule has 130 valence electrons. The maximum Gasteiger partial charge on any atom is 0.176 e. The van der Waals surface area contributed by atoms with Gasteiger partial charge in [-0.1, -0.05) is 17.7 Å². The van der Waals surface area contributed by atoms with Crippen LogP contribution in [0.25, 0.3) is 0 Å². The molecule has 0 saturated heterocycles. The van der Waals surface area contributed by atoms with E-state index >= 15 is 0 Å². The third-order valence-corrected chi connectivity index (χ3v) is 6.03. The van der Waals surface area contributed by atoms with Crippen LogP contribution in [-0.4, -0.2) is 14.7 Å². The summed E-state index contributed by atoms with van der Waals surface area (Å²) in [7, 11) is -3.62. The second kappa shape index (κ2) is 6.40.